The van der Waals surface area contributed by atoms with Crippen molar-refractivity contribution in [3.05, 3.63) is 39.7 Å². The summed E-state index contributed by atoms with van der Waals surface area (Å²) in [6.45, 7) is 0.987. The predicted octanol–water partition coefficient (Wildman–Crippen LogP) is 1.59. The Morgan fingerprint density at radius 2 is 2.25 bits per heavy atom. The summed E-state index contributed by atoms with van der Waals surface area (Å²) in [7, 11) is 1.79. The number of likely N-dealkylation sites (tertiary alicyclic amines) is 1. The number of amides is 1. The van der Waals surface area contributed by atoms with Crippen molar-refractivity contribution in [2.75, 3.05) is 20.1 Å². The number of nitrogens with zero attached hydrogens (tertiary/aromatic N) is 2. The van der Waals surface area contributed by atoms with Crippen LogP contribution in [0.4, 0.5) is 10.1 Å². The van der Waals surface area contributed by atoms with Crippen molar-refractivity contribution in [1.29, 1.82) is 0 Å². The minimum atomic E-state index is -0.668. The molecule has 0 aliphatic carbocycles. The number of carbonyl (C=O) groups is 1. The van der Waals surface area contributed by atoms with Crippen molar-refractivity contribution in [3.8, 4) is 0 Å². The first-order valence-electron chi connectivity index (χ1n) is 5.93. The van der Waals surface area contributed by atoms with E-state index in [1.807, 2.05) is 0 Å². The molecule has 1 aliphatic heterocycles. The molecule has 2 rings (SSSR count). The second-order valence-electron chi connectivity index (χ2n) is 4.44. The van der Waals surface area contributed by atoms with Crippen LogP contribution in [0, 0.1) is 15.9 Å². The second-order valence-corrected chi connectivity index (χ2v) is 4.44. The van der Waals surface area contributed by atoms with E-state index in [9.17, 15) is 19.3 Å². The van der Waals surface area contributed by atoms with E-state index >= 15 is 0 Å². The maximum atomic E-state index is 13.2. The van der Waals surface area contributed by atoms with Gasteiger partial charge in [0.2, 0.25) is 0 Å². The first-order valence-corrected chi connectivity index (χ1v) is 5.93. The van der Waals surface area contributed by atoms with E-state index in [4.69, 9.17) is 0 Å². The van der Waals surface area contributed by atoms with Crippen molar-refractivity contribution < 1.29 is 14.1 Å². The minimum absolute atomic E-state index is 0. The van der Waals surface area contributed by atoms with Crippen LogP contribution in [-0.4, -0.2) is 41.9 Å². The highest BCUT2D eigenvalue weighted by atomic mass is 35.5. The summed E-state index contributed by atoms with van der Waals surface area (Å²) >= 11 is 0. The zero-order valence-electron chi connectivity index (χ0n) is 10.8. The second kappa shape index (κ2) is 6.62. The number of hydrogen-bond donors (Lipinski definition) is 1. The summed E-state index contributed by atoms with van der Waals surface area (Å²) in [5, 5.41) is 13.9. The number of nitrogens with one attached hydrogen (secondary N) is 1. The number of rotatable bonds is 3. The highest BCUT2D eigenvalue weighted by Crippen LogP contribution is 2.23. The highest BCUT2D eigenvalue weighted by Gasteiger charge is 2.30. The lowest BCUT2D eigenvalue weighted by molar-refractivity contribution is -0.385. The van der Waals surface area contributed by atoms with Gasteiger partial charge in [-0.3, -0.25) is 14.9 Å². The maximum absolute atomic E-state index is 13.2. The Morgan fingerprint density at radius 3 is 2.80 bits per heavy atom. The average molecular weight is 304 g/mol. The quantitative estimate of drug-likeness (QED) is 0.679. The molecule has 1 aromatic rings. The molecule has 0 spiro atoms. The normalized spacial score (nSPS) is 17.7. The molecule has 1 unspecified atom stereocenters. The molecule has 0 radical (unpaired) electrons. The monoisotopic (exact) mass is 303 g/mol. The third-order valence-electron chi connectivity index (χ3n) is 3.27. The first-order chi connectivity index (χ1) is 9.02. The molecule has 6 nitrogen and oxygen atoms in total. The van der Waals surface area contributed by atoms with Crippen LogP contribution in [0.1, 0.15) is 16.8 Å². The Bertz CT molecular complexity index is 527. The van der Waals surface area contributed by atoms with Crippen molar-refractivity contribution in [1.82, 2.24) is 10.2 Å². The Balaban J connectivity index is 0.00000200. The van der Waals surface area contributed by atoms with Gasteiger partial charge < -0.3 is 10.2 Å². The van der Waals surface area contributed by atoms with Gasteiger partial charge in [0.05, 0.1) is 4.92 Å². The third-order valence-corrected chi connectivity index (χ3v) is 3.27. The molecule has 1 fully saturated rings. The Morgan fingerprint density at radius 1 is 1.55 bits per heavy atom. The molecule has 1 heterocycles. The topological polar surface area (TPSA) is 75.5 Å². The van der Waals surface area contributed by atoms with Gasteiger partial charge in [-0.2, -0.15) is 0 Å². The van der Waals surface area contributed by atoms with E-state index in [1.165, 1.54) is 4.90 Å². The number of halogens is 2. The van der Waals surface area contributed by atoms with E-state index < -0.39 is 16.6 Å². The number of nitro benzene ring substituents is 1. The van der Waals surface area contributed by atoms with Crippen LogP contribution in [0.15, 0.2) is 18.2 Å². The van der Waals surface area contributed by atoms with Crippen LogP contribution in [-0.2, 0) is 0 Å². The molecule has 1 amide bonds. The Hall–Kier alpha value is -1.73. The van der Waals surface area contributed by atoms with Gasteiger partial charge in [0.25, 0.3) is 11.6 Å². The lowest BCUT2D eigenvalue weighted by atomic mass is 10.1. The smallest absolute Gasteiger partial charge is 0.282 e. The molecule has 20 heavy (non-hydrogen) atoms. The first kappa shape index (κ1) is 16.3. The SMILES string of the molecule is CNC1CCN(C(=O)c2cc(F)ccc2[N+](=O)[O-])C1.Cl. The molecule has 1 aromatic carbocycles. The van der Waals surface area contributed by atoms with Gasteiger partial charge in [-0.15, -0.1) is 12.4 Å². The largest absolute Gasteiger partial charge is 0.337 e. The lowest BCUT2D eigenvalue weighted by Crippen LogP contribution is -2.33. The van der Waals surface area contributed by atoms with Crippen molar-refractivity contribution in [2.24, 2.45) is 0 Å². The lowest BCUT2D eigenvalue weighted by Gasteiger charge is -2.16. The molecule has 1 saturated heterocycles. The van der Waals surface area contributed by atoms with Crippen molar-refractivity contribution >= 4 is 24.0 Å². The van der Waals surface area contributed by atoms with E-state index in [0.29, 0.717) is 13.1 Å². The number of benzene rings is 1. The summed E-state index contributed by atoms with van der Waals surface area (Å²) in [6, 6.07) is 3.10. The fraction of sp³-hybridized carbons (Fsp3) is 0.417. The number of likely N-dealkylation sites (N-methyl/N-ethyl adjacent to an activating group) is 1. The Labute approximate surface area is 121 Å². The zero-order chi connectivity index (χ0) is 14.0. The summed E-state index contributed by atoms with van der Waals surface area (Å²) < 4.78 is 13.2. The van der Waals surface area contributed by atoms with Crippen LogP contribution in [0.25, 0.3) is 0 Å². The van der Waals surface area contributed by atoms with E-state index in [1.54, 1.807) is 7.05 Å². The molecule has 1 aliphatic rings. The minimum Gasteiger partial charge on any atom is -0.337 e. The van der Waals surface area contributed by atoms with Gasteiger partial charge in [-0.25, -0.2) is 4.39 Å². The van der Waals surface area contributed by atoms with Gasteiger partial charge in [0, 0.05) is 25.2 Å². The van der Waals surface area contributed by atoms with E-state index in [-0.39, 0.29) is 29.7 Å². The fourth-order valence-corrected chi connectivity index (χ4v) is 2.19. The van der Waals surface area contributed by atoms with Crippen LogP contribution >= 0.6 is 12.4 Å². The fourth-order valence-electron chi connectivity index (χ4n) is 2.19. The van der Waals surface area contributed by atoms with Gasteiger partial charge in [-0.05, 0) is 25.6 Å². The van der Waals surface area contributed by atoms with Crippen LogP contribution < -0.4 is 5.32 Å². The number of hydrogen-bond acceptors (Lipinski definition) is 4. The van der Waals surface area contributed by atoms with E-state index in [2.05, 4.69) is 5.32 Å². The summed E-state index contributed by atoms with van der Waals surface area (Å²) in [4.78, 5) is 23.9. The molecular weight excluding hydrogens is 289 g/mol. The number of carbonyl (C=O) groups excluding carboxylic acids is 1. The molecule has 1 atom stereocenters. The van der Waals surface area contributed by atoms with Gasteiger partial charge in [0.1, 0.15) is 11.4 Å². The summed E-state index contributed by atoms with van der Waals surface area (Å²) in [5.74, 6) is -1.15. The van der Waals surface area contributed by atoms with E-state index in [0.717, 1.165) is 24.6 Å². The molecule has 110 valence electrons. The van der Waals surface area contributed by atoms with Gasteiger partial charge >= 0.3 is 0 Å². The van der Waals surface area contributed by atoms with Crippen molar-refractivity contribution in [3.63, 3.8) is 0 Å². The summed E-state index contributed by atoms with van der Waals surface area (Å²) in [6.07, 6.45) is 0.783. The van der Waals surface area contributed by atoms with Crippen molar-refractivity contribution in [2.45, 2.75) is 12.5 Å². The van der Waals surface area contributed by atoms with Gasteiger partial charge in [-0.1, -0.05) is 0 Å². The van der Waals surface area contributed by atoms with Crippen LogP contribution in [0.5, 0.6) is 0 Å². The van der Waals surface area contributed by atoms with Gasteiger partial charge in [0.15, 0.2) is 0 Å². The molecule has 8 heteroatoms. The standard InChI is InChI=1S/C12H14FN3O3.ClH/c1-14-9-4-5-15(7-9)12(17)10-6-8(13)2-3-11(10)16(18)19;/h2-3,6,9,14H,4-5,7H2,1H3;1H. The molecule has 1 N–H and O–H groups in total. The Kier molecular flexibility index (Phi) is 5.41. The van der Waals surface area contributed by atoms with Crippen LogP contribution in [0.3, 0.4) is 0 Å². The van der Waals surface area contributed by atoms with Crippen LogP contribution in [0.2, 0.25) is 0 Å². The molecule has 0 bridgehead atoms. The zero-order valence-corrected chi connectivity index (χ0v) is 11.7. The average Bonchev–Trinajstić information content (AvgIpc) is 2.86. The molecule has 0 aromatic heterocycles. The third kappa shape index (κ3) is 3.23. The highest BCUT2D eigenvalue weighted by molar-refractivity contribution is 5.98. The molecular formula is C12H15ClFN3O3. The predicted molar refractivity (Wildman–Crippen MR) is 73.7 cm³/mol. The molecule has 0 saturated carbocycles. The number of nitro groups is 1. The maximum Gasteiger partial charge on any atom is 0.282 e. The summed E-state index contributed by atoms with van der Waals surface area (Å²) in [5.41, 5.74) is -0.555.